The predicted molar refractivity (Wildman–Crippen MR) is 60.6 cm³/mol. The van der Waals surface area contributed by atoms with Crippen molar-refractivity contribution in [3.8, 4) is 0 Å². The molecule has 0 bridgehead atoms. The van der Waals surface area contributed by atoms with E-state index in [2.05, 4.69) is 5.10 Å². The summed E-state index contributed by atoms with van der Waals surface area (Å²) >= 11 is 0. The van der Waals surface area contributed by atoms with Gasteiger partial charge in [0.25, 0.3) is 0 Å². The summed E-state index contributed by atoms with van der Waals surface area (Å²) in [6.45, 7) is 0.208. The molecule has 0 saturated heterocycles. The minimum absolute atomic E-state index is 0.208. The number of hydrogen-bond donors (Lipinski definition) is 1. The lowest BCUT2D eigenvalue weighted by Crippen LogP contribution is -2.17. The summed E-state index contributed by atoms with van der Waals surface area (Å²) in [7, 11) is 0. The second kappa shape index (κ2) is 4.81. The topological polar surface area (TPSA) is 43.8 Å². The van der Waals surface area contributed by atoms with Crippen LogP contribution in [0.2, 0.25) is 0 Å². The lowest BCUT2D eigenvalue weighted by molar-refractivity contribution is -0.137. The number of alkyl halides is 3. The molecule has 1 unspecified atom stereocenters. The van der Waals surface area contributed by atoms with Gasteiger partial charge in [-0.3, -0.25) is 4.68 Å². The molecule has 0 aliphatic rings. The summed E-state index contributed by atoms with van der Waals surface area (Å²) in [5.74, 6) is 0. The molecule has 0 saturated carbocycles. The Morgan fingerprint density at radius 3 is 2.44 bits per heavy atom. The van der Waals surface area contributed by atoms with Crippen LogP contribution in [0.25, 0.3) is 0 Å². The third-order valence-electron chi connectivity index (χ3n) is 2.57. The Bertz CT molecular complexity index is 505. The summed E-state index contributed by atoms with van der Waals surface area (Å²) in [6.07, 6.45) is -2.60. The van der Waals surface area contributed by atoms with E-state index in [9.17, 15) is 13.2 Å². The third-order valence-corrected chi connectivity index (χ3v) is 2.57. The molecular weight excluding hydrogens is 243 g/mol. The molecule has 2 aromatic rings. The molecule has 18 heavy (non-hydrogen) atoms. The summed E-state index contributed by atoms with van der Waals surface area (Å²) < 4.78 is 38.3. The lowest BCUT2D eigenvalue weighted by Gasteiger charge is -2.11. The van der Waals surface area contributed by atoms with Crippen LogP contribution in [0, 0.1) is 0 Å². The fraction of sp³-hybridized carbons (Fsp3) is 0.250. The second-order valence-electron chi connectivity index (χ2n) is 3.97. The van der Waals surface area contributed by atoms with Gasteiger partial charge < -0.3 is 5.73 Å². The van der Waals surface area contributed by atoms with Gasteiger partial charge in [-0.05, 0) is 5.56 Å². The van der Waals surface area contributed by atoms with Crippen LogP contribution < -0.4 is 5.73 Å². The van der Waals surface area contributed by atoms with Crippen LogP contribution in [0.5, 0.6) is 0 Å². The van der Waals surface area contributed by atoms with E-state index in [-0.39, 0.29) is 12.6 Å². The molecule has 1 aromatic carbocycles. The second-order valence-corrected chi connectivity index (χ2v) is 3.97. The summed E-state index contributed by atoms with van der Waals surface area (Å²) in [6, 6.07) is 8.80. The van der Waals surface area contributed by atoms with Crippen molar-refractivity contribution in [2.75, 3.05) is 0 Å². The molecule has 1 aromatic heterocycles. The highest BCUT2D eigenvalue weighted by Gasteiger charge is 2.32. The van der Waals surface area contributed by atoms with Crippen molar-refractivity contribution < 1.29 is 13.2 Å². The van der Waals surface area contributed by atoms with Crippen LogP contribution >= 0.6 is 0 Å². The first-order valence-electron chi connectivity index (χ1n) is 5.37. The number of halogens is 3. The van der Waals surface area contributed by atoms with Crippen molar-refractivity contribution in [3.63, 3.8) is 0 Å². The average Bonchev–Trinajstić information content (AvgIpc) is 2.78. The van der Waals surface area contributed by atoms with Crippen molar-refractivity contribution in [2.24, 2.45) is 5.73 Å². The van der Waals surface area contributed by atoms with E-state index in [0.29, 0.717) is 0 Å². The Hall–Kier alpha value is -1.82. The van der Waals surface area contributed by atoms with E-state index in [1.54, 1.807) is 0 Å². The van der Waals surface area contributed by atoms with Crippen LogP contribution in [0.3, 0.4) is 0 Å². The molecule has 96 valence electrons. The minimum Gasteiger partial charge on any atom is -0.322 e. The van der Waals surface area contributed by atoms with E-state index >= 15 is 0 Å². The highest BCUT2D eigenvalue weighted by molar-refractivity contribution is 5.18. The van der Waals surface area contributed by atoms with Gasteiger partial charge in [-0.1, -0.05) is 30.3 Å². The Kier molecular flexibility index (Phi) is 3.38. The number of nitrogens with two attached hydrogens (primary N) is 1. The number of rotatable bonds is 3. The number of nitrogens with zero attached hydrogens (tertiary/aromatic N) is 2. The van der Waals surface area contributed by atoms with E-state index < -0.39 is 11.7 Å². The SMILES string of the molecule is NC(Cn1cc(C(F)(F)F)cn1)c1ccccc1. The smallest absolute Gasteiger partial charge is 0.322 e. The van der Waals surface area contributed by atoms with Crippen molar-refractivity contribution in [1.82, 2.24) is 9.78 Å². The number of benzene rings is 1. The van der Waals surface area contributed by atoms with Gasteiger partial charge in [-0.2, -0.15) is 18.3 Å². The van der Waals surface area contributed by atoms with Gasteiger partial charge >= 0.3 is 6.18 Å². The molecule has 1 heterocycles. The zero-order valence-corrected chi connectivity index (χ0v) is 9.43. The van der Waals surface area contributed by atoms with Gasteiger partial charge in [-0.15, -0.1) is 0 Å². The molecule has 0 aliphatic heterocycles. The molecule has 0 spiro atoms. The first-order chi connectivity index (χ1) is 8.47. The van der Waals surface area contributed by atoms with Crippen LogP contribution in [0.1, 0.15) is 17.2 Å². The maximum absolute atomic E-state index is 12.4. The third kappa shape index (κ3) is 2.89. The Morgan fingerprint density at radius 1 is 1.22 bits per heavy atom. The van der Waals surface area contributed by atoms with Gasteiger partial charge in [0.1, 0.15) is 0 Å². The minimum atomic E-state index is -4.37. The molecule has 0 amide bonds. The monoisotopic (exact) mass is 255 g/mol. The maximum Gasteiger partial charge on any atom is 0.419 e. The van der Waals surface area contributed by atoms with Crippen LogP contribution in [-0.2, 0) is 12.7 Å². The van der Waals surface area contributed by atoms with Crippen LogP contribution in [0.4, 0.5) is 13.2 Å². The molecule has 3 nitrogen and oxygen atoms in total. The van der Waals surface area contributed by atoms with Crippen molar-refractivity contribution >= 4 is 0 Å². The quantitative estimate of drug-likeness (QED) is 0.916. The van der Waals surface area contributed by atoms with Crippen molar-refractivity contribution in [1.29, 1.82) is 0 Å². The molecule has 2 N–H and O–H groups in total. The average molecular weight is 255 g/mol. The largest absolute Gasteiger partial charge is 0.419 e. The Labute approximate surface area is 102 Å². The summed E-state index contributed by atoms with van der Waals surface area (Å²) in [4.78, 5) is 0. The maximum atomic E-state index is 12.4. The fourth-order valence-corrected chi connectivity index (χ4v) is 1.62. The van der Waals surface area contributed by atoms with Gasteiger partial charge in [0.05, 0.1) is 18.3 Å². The number of hydrogen-bond acceptors (Lipinski definition) is 2. The molecular formula is C12H12F3N3. The summed E-state index contributed by atoms with van der Waals surface area (Å²) in [5, 5.41) is 3.66. The first kappa shape index (κ1) is 12.6. The zero-order chi connectivity index (χ0) is 13.2. The van der Waals surface area contributed by atoms with E-state index in [0.717, 1.165) is 18.0 Å². The predicted octanol–water partition coefficient (Wildman–Crippen LogP) is 2.60. The normalized spacial score (nSPS) is 13.6. The fourth-order valence-electron chi connectivity index (χ4n) is 1.62. The zero-order valence-electron chi connectivity index (χ0n) is 9.43. The molecule has 0 aliphatic carbocycles. The van der Waals surface area contributed by atoms with Gasteiger partial charge in [-0.25, -0.2) is 0 Å². The van der Waals surface area contributed by atoms with E-state index in [4.69, 9.17) is 5.73 Å². The van der Waals surface area contributed by atoms with Crippen molar-refractivity contribution in [3.05, 3.63) is 53.9 Å². The summed E-state index contributed by atoms with van der Waals surface area (Å²) in [5.41, 5.74) is 6.00. The Morgan fingerprint density at radius 2 is 1.89 bits per heavy atom. The Balaban J connectivity index is 2.08. The van der Waals surface area contributed by atoms with Crippen LogP contribution in [0.15, 0.2) is 42.7 Å². The van der Waals surface area contributed by atoms with Crippen LogP contribution in [-0.4, -0.2) is 9.78 Å². The van der Waals surface area contributed by atoms with Gasteiger partial charge in [0.15, 0.2) is 0 Å². The molecule has 2 rings (SSSR count). The number of aromatic nitrogens is 2. The molecule has 0 fully saturated rings. The highest BCUT2D eigenvalue weighted by atomic mass is 19.4. The lowest BCUT2D eigenvalue weighted by atomic mass is 10.1. The van der Waals surface area contributed by atoms with Gasteiger partial charge in [0.2, 0.25) is 0 Å². The van der Waals surface area contributed by atoms with E-state index in [1.807, 2.05) is 30.3 Å². The highest BCUT2D eigenvalue weighted by Crippen LogP contribution is 2.28. The molecule has 1 atom stereocenters. The standard InChI is InChI=1S/C12H12F3N3/c13-12(14,15)10-6-17-18(7-10)8-11(16)9-4-2-1-3-5-9/h1-7,11H,8,16H2. The van der Waals surface area contributed by atoms with Gasteiger partial charge in [0, 0.05) is 12.2 Å². The first-order valence-corrected chi connectivity index (χ1v) is 5.37. The molecule has 6 heteroatoms. The molecule has 0 radical (unpaired) electrons. The van der Waals surface area contributed by atoms with Crippen molar-refractivity contribution in [2.45, 2.75) is 18.8 Å². The van der Waals surface area contributed by atoms with E-state index in [1.165, 1.54) is 4.68 Å².